The molecule has 0 saturated heterocycles. The Morgan fingerprint density at radius 3 is 2.65 bits per heavy atom. The van der Waals surface area contributed by atoms with Crippen LogP contribution in [0.5, 0.6) is 0 Å². The van der Waals surface area contributed by atoms with Crippen LogP contribution in [-0.2, 0) is 0 Å². The van der Waals surface area contributed by atoms with Gasteiger partial charge in [0.2, 0.25) is 0 Å². The highest BCUT2D eigenvalue weighted by Crippen LogP contribution is 2.42. The molecular formula is C17H24N2S. The van der Waals surface area contributed by atoms with Gasteiger partial charge in [-0.25, -0.2) is 0 Å². The van der Waals surface area contributed by atoms with Gasteiger partial charge in [-0.15, -0.1) is 0 Å². The number of amidine groups is 1. The van der Waals surface area contributed by atoms with E-state index in [4.69, 9.17) is 4.99 Å². The van der Waals surface area contributed by atoms with Crippen molar-refractivity contribution in [3.05, 3.63) is 29.3 Å². The predicted octanol–water partition coefficient (Wildman–Crippen LogP) is 4.77. The zero-order valence-electron chi connectivity index (χ0n) is 12.5. The molecule has 1 heterocycles. The average molecular weight is 288 g/mol. The quantitative estimate of drug-likeness (QED) is 0.805. The number of aryl methyl sites for hydroxylation is 2. The van der Waals surface area contributed by atoms with Gasteiger partial charge in [-0.2, -0.15) is 0 Å². The molecule has 1 aromatic rings. The first-order chi connectivity index (χ1) is 9.67. The number of benzene rings is 1. The Balaban J connectivity index is 1.69. The van der Waals surface area contributed by atoms with E-state index in [-0.39, 0.29) is 0 Å². The van der Waals surface area contributed by atoms with Crippen molar-refractivity contribution in [2.45, 2.75) is 46.0 Å². The Kier molecular flexibility index (Phi) is 4.06. The van der Waals surface area contributed by atoms with Crippen LogP contribution < -0.4 is 5.32 Å². The first-order valence-electron chi connectivity index (χ1n) is 7.68. The first-order valence-corrected chi connectivity index (χ1v) is 8.67. The Bertz CT molecular complexity index is 516. The molecule has 0 bridgehead atoms. The molecule has 1 aliphatic carbocycles. The molecule has 108 valence electrons. The molecule has 0 unspecified atom stereocenters. The Morgan fingerprint density at radius 1 is 1.15 bits per heavy atom. The number of aliphatic imine (C=N–C) groups is 1. The normalized spacial score (nSPS) is 21.6. The van der Waals surface area contributed by atoms with Crippen LogP contribution in [0.3, 0.4) is 0 Å². The molecule has 20 heavy (non-hydrogen) atoms. The van der Waals surface area contributed by atoms with Gasteiger partial charge in [0.05, 0.1) is 0 Å². The van der Waals surface area contributed by atoms with Crippen LogP contribution in [0.15, 0.2) is 23.2 Å². The number of rotatable bonds is 1. The molecule has 3 rings (SSSR count). The molecule has 2 nitrogen and oxygen atoms in total. The third-order valence-corrected chi connectivity index (χ3v) is 5.88. The highest BCUT2D eigenvalue weighted by atomic mass is 32.2. The second-order valence-electron chi connectivity index (χ2n) is 6.41. The van der Waals surface area contributed by atoms with E-state index >= 15 is 0 Å². The van der Waals surface area contributed by atoms with E-state index < -0.39 is 0 Å². The van der Waals surface area contributed by atoms with E-state index in [0.717, 1.165) is 11.7 Å². The maximum Gasteiger partial charge on any atom is 0.161 e. The number of hydrogen-bond donors (Lipinski definition) is 1. The summed E-state index contributed by atoms with van der Waals surface area (Å²) >= 11 is 1.92. The predicted molar refractivity (Wildman–Crippen MR) is 89.8 cm³/mol. The number of hydrogen-bond acceptors (Lipinski definition) is 3. The fourth-order valence-corrected chi connectivity index (χ4v) is 4.38. The minimum Gasteiger partial charge on any atom is -0.335 e. The lowest BCUT2D eigenvalue weighted by Crippen LogP contribution is -2.35. The zero-order valence-corrected chi connectivity index (χ0v) is 13.4. The standard InChI is InChI=1S/C17H24N2S/c1-13-6-7-14(2)15(10-13)19-16-18-11-17(12-20-16)8-4-3-5-9-17/h6-7,10H,3-5,8-9,11-12H2,1-2H3,(H,18,19). The monoisotopic (exact) mass is 288 g/mol. The van der Waals surface area contributed by atoms with Crippen LogP contribution in [0.2, 0.25) is 0 Å². The minimum atomic E-state index is 0.510. The van der Waals surface area contributed by atoms with E-state index in [2.05, 4.69) is 37.4 Å². The Hall–Kier alpha value is -0.960. The molecule has 0 amide bonds. The second kappa shape index (κ2) is 5.80. The van der Waals surface area contributed by atoms with Crippen molar-refractivity contribution >= 4 is 22.6 Å². The lowest BCUT2D eigenvalue weighted by Gasteiger charge is -2.38. The molecule has 3 heteroatoms. The van der Waals surface area contributed by atoms with Crippen molar-refractivity contribution in [3.63, 3.8) is 0 Å². The van der Waals surface area contributed by atoms with Crippen molar-refractivity contribution in [1.82, 2.24) is 0 Å². The zero-order chi connectivity index (χ0) is 14.0. The van der Waals surface area contributed by atoms with E-state index in [1.165, 1.54) is 54.7 Å². The molecule has 2 aliphatic rings. The first kappa shape index (κ1) is 14.0. The molecule has 0 radical (unpaired) electrons. The summed E-state index contributed by atoms with van der Waals surface area (Å²) in [7, 11) is 0. The molecule has 1 spiro atoms. The van der Waals surface area contributed by atoms with Crippen LogP contribution >= 0.6 is 11.8 Å². The van der Waals surface area contributed by atoms with Crippen LogP contribution in [0.25, 0.3) is 0 Å². The van der Waals surface area contributed by atoms with E-state index in [9.17, 15) is 0 Å². The number of anilines is 1. The van der Waals surface area contributed by atoms with E-state index in [1.807, 2.05) is 11.8 Å². The van der Waals surface area contributed by atoms with Gasteiger partial charge in [-0.1, -0.05) is 43.2 Å². The highest BCUT2D eigenvalue weighted by molar-refractivity contribution is 8.14. The molecular weight excluding hydrogens is 264 g/mol. The van der Waals surface area contributed by atoms with Gasteiger partial charge in [0, 0.05) is 18.0 Å². The highest BCUT2D eigenvalue weighted by Gasteiger charge is 2.34. The number of thioether (sulfide) groups is 1. The molecule has 1 N–H and O–H groups in total. The third kappa shape index (κ3) is 3.03. The topological polar surface area (TPSA) is 24.4 Å². The van der Waals surface area contributed by atoms with Gasteiger partial charge in [0.15, 0.2) is 5.17 Å². The maximum atomic E-state index is 4.84. The summed E-state index contributed by atoms with van der Waals surface area (Å²) in [6, 6.07) is 6.55. The van der Waals surface area contributed by atoms with Crippen molar-refractivity contribution < 1.29 is 0 Å². The molecule has 1 aliphatic heterocycles. The van der Waals surface area contributed by atoms with Gasteiger partial charge < -0.3 is 5.32 Å². The van der Waals surface area contributed by atoms with Crippen LogP contribution in [0.4, 0.5) is 5.69 Å². The van der Waals surface area contributed by atoms with Gasteiger partial charge >= 0.3 is 0 Å². The van der Waals surface area contributed by atoms with Gasteiger partial charge in [-0.3, -0.25) is 4.99 Å². The van der Waals surface area contributed by atoms with E-state index in [0.29, 0.717) is 5.41 Å². The third-order valence-electron chi connectivity index (χ3n) is 4.62. The molecule has 1 saturated carbocycles. The minimum absolute atomic E-state index is 0.510. The van der Waals surface area contributed by atoms with Crippen LogP contribution in [0.1, 0.15) is 43.2 Å². The summed E-state index contributed by atoms with van der Waals surface area (Å²) in [5, 5.41) is 4.63. The Morgan fingerprint density at radius 2 is 1.95 bits per heavy atom. The maximum absolute atomic E-state index is 4.84. The molecule has 0 atom stereocenters. The van der Waals surface area contributed by atoms with Gasteiger partial charge in [0.1, 0.15) is 0 Å². The molecule has 0 aromatic heterocycles. The second-order valence-corrected chi connectivity index (χ2v) is 7.38. The van der Waals surface area contributed by atoms with Crippen molar-refractivity contribution in [2.75, 3.05) is 17.6 Å². The molecule has 1 aromatic carbocycles. The summed E-state index contributed by atoms with van der Waals surface area (Å²) in [5.74, 6) is 1.24. The summed E-state index contributed by atoms with van der Waals surface area (Å²) in [4.78, 5) is 4.84. The fraction of sp³-hybridized carbons (Fsp3) is 0.588. The largest absolute Gasteiger partial charge is 0.335 e. The SMILES string of the molecule is Cc1ccc(C)c(NC2=NCC3(CCCCC3)CS2)c1. The van der Waals surface area contributed by atoms with Crippen molar-refractivity contribution in [2.24, 2.45) is 10.4 Å². The van der Waals surface area contributed by atoms with Crippen molar-refractivity contribution in [3.8, 4) is 0 Å². The lowest BCUT2D eigenvalue weighted by molar-refractivity contribution is 0.232. The van der Waals surface area contributed by atoms with Crippen molar-refractivity contribution in [1.29, 1.82) is 0 Å². The summed E-state index contributed by atoms with van der Waals surface area (Å²) in [6.07, 6.45) is 6.97. The number of nitrogens with one attached hydrogen (secondary N) is 1. The molecule has 1 fully saturated rings. The van der Waals surface area contributed by atoms with Crippen LogP contribution in [0, 0.1) is 19.3 Å². The summed E-state index contributed by atoms with van der Waals surface area (Å²) in [5.41, 5.74) is 4.30. The summed E-state index contributed by atoms with van der Waals surface area (Å²) in [6.45, 7) is 5.31. The lowest BCUT2D eigenvalue weighted by atomic mass is 9.75. The average Bonchev–Trinajstić information content (AvgIpc) is 2.47. The van der Waals surface area contributed by atoms with E-state index in [1.54, 1.807) is 0 Å². The fourth-order valence-electron chi connectivity index (χ4n) is 3.22. The number of nitrogens with zero attached hydrogens (tertiary/aromatic N) is 1. The van der Waals surface area contributed by atoms with Crippen LogP contribution in [-0.4, -0.2) is 17.5 Å². The van der Waals surface area contributed by atoms with Gasteiger partial charge in [-0.05, 0) is 49.3 Å². The summed E-state index contributed by atoms with van der Waals surface area (Å²) < 4.78 is 0. The Labute approximate surface area is 126 Å². The van der Waals surface area contributed by atoms with Gasteiger partial charge in [0.25, 0.3) is 0 Å². The smallest absolute Gasteiger partial charge is 0.161 e.